The van der Waals surface area contributed by atoms with E-state index in [9.17, 15) is 13.2 Å². The van der Waals surface area contributed by atoms with Crippen molar-refractivity contribution in [2.24, 2.45) is 0 Å². The van der Waals surface area contributed by atoms with Gasteiger partial charge in [-0.05, 0) is 55.2 Å². The number of rotatable bonds is 5. The largest absolute Gasteiger partial charge is 0.490 e. The Balaban J connectivity index is 1.30. The molecule has 2 aromatic carbocycles. The zero-order valence-corrected chi connectivity index (χ0v) is 19.5. The van der Waals surface area contributed by atoms with Gasteiger partial charge in [0.2, 0.25) is 15.9 Å². The first kappa shape index (κ1) is 22.4. The third kappa shape index (κ3) is 4.99. The maximum Gasteiger partial charge on any atom is 0.246 e. The number of nitrogens with zero attached hydrogens (tertiary/aromatic N) is 2. The van der Waals surface area contributed by atoms with Crippen molar-refractivity contribution in [1.29, 1.82) is 0 Å². The highest BCUT2D eigenvalue weighted by Crippen LogP contribution is 2.27. The van der Waals surface area contributed by atoms with Crippen LogP contribution < -0.4 is 9.04 Å². The molecule has 0 atom stereocenters. The molecule has 32 heavy (non-hydrogen) atoms. The predicted molar refractivity (Wildman–Crippen MR) is 127 cm³/mol. The van der Waals surface area contributed by atoms with E-state index in [1.807, 2.05) is 23.1 Å². The first-order valence-corrected chi connectivity index (χ1v) is 12.7. The molecule has 2 heterocycles. The number of ether oxygens (including phenoxy) is 1. The lowest BCUT2D eigenvalue weighted by atomic mass is 10.1. The molecule has 2 aromatic rings. The molecule has 0 aromatic heterocycles. The summed E-state index contributed by atoms with van der Waals surface area (Å²) >= 11 is 0. The summed E-state index contributed by atoms with van der Waals surface area (Å²) in [7, 11) is -3.18. The maximum absolute atomic E-state index is 12.6. The number of benzene rings is 2. The number of anilines is 1. The Morgan fingerprint density at radius 2 is 1.66 bits per heavy atom. The van der Waals surface area contributed by atoms with Crippen molar-refractivity contribution in [3.63, 3.8) is 0 Å². The van der Waals surface area contributed by atoms with Gasteiger partial charge < -0.3 is 9.64 Å². The second kappa shape index (κ2) is 9.36. The van der Waals surface area contributed by atoms with Gasteiger partial charge >= 0.3 is 0 Å². The Labute approximate surface area is 190 Å². The lowest BCUT2D eigenvalue weighted by Gasteiger charge is -2.32. The first-order valence-electron chi connectivity index (χ1n) is 11.1. The standard InChI is InChI=1S/C25H30N2O4S/c1-19-5-3-6-20(2)25(19)31-23-13-16-26(17-14-23)24(28)12-9-21-7-10-22(11-8-21)27-15-4-18-32(27,29)30/h3,5-12,23H,4,13-18H2,1-2H3/b12-9+. The fourth-order valence-electron chi connectivity index (χ4n) is 4.30. The van der Waals surface area contributed by atoms with Gasteiger partial charge in [-0.25, -0.2) is 8.42 Å². The van der Waals surface area contributed by atoms with E-state index in [-0.39, 0.29) is 17.8 Å². The number of piperidine rings is 1. The SMILES string of the molecule is Cc1cccc(C)c1OC1CCN(C(=O)/C=C/c2ccc(N3CCCS3(=O)=O)cc2)CC1. The lowest BCUT2D eigenvalue weighted by Crippen LogP contribution is -2.41. The van der Waals surface area contributed by atoms with Crippen molar-refractivity contribution in [3.8, 4) is 5.75 Å². The summed E-state index contributed by atoms with van der Waals surface area (Å²) in [4.78, 5) is 14.5. The van der Waals surface area contributed by atoms with Gasteiger partial charge in [-0.15, -0.1) is 0 Å². The smallest absolute Gasteiger partial charge is 0.246 e. The van der Waals surface area contributed by atoms with E-state index in [4.69, 9.17) is 4.74 Å². The highest BCUT2D eigenvalue weighted by atomic mass is 32.2. The van der Waals surface area contributed by atoms with Crippen LogP contribution >= 0.6 is 0 Å². The van der Waals surface area contributed by atoms with E-state index in [0.29, 0.717) is 31.7 Å². The highest BCUT2D eigenvalue weighted by molar-refractivity contribution is 7.93. The van der Waals surface area contributed by atoms with Crippen LogP contribution in [-0.4, -0.2) is 50.7 Å². The van der Waals surface area contributed by atoms with Crippen LogP contribution in [0.3, 0.4) is 0 Å². The fraction of sp³-hybridized carbons (Fsp3) is 0.400. The van der Waals surface area contributed by atoms with Gasteiger partial charge in [0.15, 0.2) is 0 Å². The number of carbonyl (C=O) groups is 1. The average Bonchev–Trinajstić information content (AvgIpc) is 3.14. The van der Waals surface area contributed by atoms with Crippen LogP contribution in [0.4, 0.5) is 5.69 Å². The molecule has 2 fully saturated rings. The van der Waals surface area contributed by atoms with Crippen molar-refractivity contribution >= 4 is 27.7 Å². The Morgan fingerprint density at radius 1 is 1.00 bits per heavy atom. The van der Waals surface area contributed by atoms with Gasteiger partial charge in [-0.1, -0.05) is 30.3 Å². The summed E-state index contributed by atoms with van der Waals surface area (Å²) in [6, 6.07) is 13.4. The summed E-state index contributed by atoms with van der Waals surface area (Å²) < 4.78 is 31.8. The number of hydrogen-bond acceptors (Lipinski definition) is 4. The Hall–Kier alpha value is -2.80. The molecular weight excluding hydrogens is 424 g/mol. The number of amides is 1. The minimum Gasteiger partial charge on any atom is -0.490 e. The van der Waals surface area contributed by atoms with Crippen molar-refractivity contribution in [3.05, 3.63) is 65.2 Å². The first-order chi connectivity index (χ1) is 15.3. The third-order valence-corrected chi connectivity index (χ3v) is 8.02. The Bertz CT molecular complexity index is 1080. The Morgan fingerprint density at radius 3 is 2.25 bits per heavy atom. The molecule has 2 aliphatic heterocycles. The summed E-state index contributed by atoms with van der Waals surface area (Å²) in [5.74, 6) is 1.15. The normalized spacial score (nSPS) is 18.9. The van der Waals surface area contributed by atoms with Crippen molar-refractivity contribution in [2.45, 2.75) is 39.2 Å². The predicted octanol–water partition coefficient (Wildman–Crippen LogP) is 3.93. The van der Waals surface area contributed by atoms with Gasteiger partial charge in [-0.3, -0.25) is 9.10 Å². The second-order valence-electron chi connectivity index (χ2n) is 8.53. The molecule has 0 spiro atoms. The minimum atomic E-state index is -3.18. The molecule has 0 radical (unpaired) electrons. The van der Waals surface area contributed by atoms with Crippen molar-refractivity contribution < 1.29 is 17.9 Å². The Kier molecular flexibility index (Phi) is 6.55. The summed E-state index contributed by atoms with van der Waals surface area (Å²) in [5.41, 5.74) is 3.82. The molecule has 4 rings (SSSR count). The molecule has 0 N–H and O–H groups in total. The number of carbonyl (C=O) groups excluding carboxylic acids is 1. The van der Waals surface area contributed by atoms with E-state index >= 15 is 0 Å². The number of sulfonamides is 1. The van der Waals surface area contributed by atoms with Crippen LogP contribution in [0.15, 0.2) is 48.5 Å². The molecule has 0 unspecified atom stereocenters. The van der Waals surface area contributed by atoms with Gasteiger partial charge in [-0.2, -0.15) is 0 Å². The topological polar surface area (TPSA) is 66.9 Å². The molecule has 170 valence electrons. The number of para-hydroxylation sites is 1. The molecule has 2 aliphatic rings. The minimum absolute atomic E-state index is 0.0123. The zero-order valence-electron chi connectivity index (χ0n) is 18.7. The number of likely N-dealkylation sites (tertiary alicyclic amines) is 1. The number of hydrogen-bond donors (Lipinski definition) is 0. The number of aryl methyl sites for hydroxylation is 2. The lowest BCUT2D eigenvalue weighted by molar-refractivity contribution is -0.127. The van der Waals surface area contributed by atoms with E-state index in [0.717, 1.165) is 35.3 Å². The van der Waals surface area contributed by atoms with Crippen LogP contribution in [-0.2, 0) is 14.8 Å². The second-order valence-corrected chi connectivity index (χ2v) is 10.5. The van der Waals surface area contributed by atoms with E-state index < -0.39 is 10.0 Å². The molecule has 0 aliphatic carbocycles. The molecule has 2 saturated heterocycles. The van der Waals surface area contributed by atoms with E-state index in [1.165, 1.54) is 4.31 Å². The molecular formula is C25H30N2O4S. The molecule has 6 nitrogen and oxygen atoms in total. The van der Waals surface area contributed by atoms with Crippen LogP contribution in [0, 0.1) is 13.8 Å². The molecule has 7 heteroatoms. The van der Waals surface area contributed by atoms with Crippen LogP contribution in [0.5, 0.6) is 5.75 Å². The zero-order chi connectivity index (χ0) is 22.7. The van der Waals surface area contributed by atoms with Crippen LogP contribution in [0.2, 0.25) is 0 Å². The van der Waals surface area contributed by atoms with Crippen molar-refractivity contribution in [2.75, 3.05) is 29.7 Å². The van der Waals surface area contributed by atoms with Gasteiger partial charge in [0.05, 0.1) is 11.4 Å². The highest BCUT2D eigenvalue weighted by Gasteiger charge is 2.28. The summed E-state index contributed by atoms with van der Waals surface area (Å²) in [6.07, 6.45) is 5.78. The van der Waals surface area contributed by atoms with Gasteiger partial charge in [0.1, 0.15) is 11.9 Å². The van der Waals surface area contributed by atoms with Crippen molar-refractivity contribution in [1.82, 2.24) is 4.90 Å². The maximum atomic E-state index is 12.6. The molecule has 0 bridgehead atoms. The summed E-state index contributed by atoms with van der Waals surface area (Å²) in [5, 5.41) is 0. The summed E-state index contributed by atoms with van der Waals surface area (Å²) in [6.45, 7) is 5.99. The van der Waals surface area contributed by atoms with Crippen LogP contribution in [0.1, 0.15) is 36.0 Å². The third-order valence-electron chi connectivity index (χ3n) is 6.15. The van der Waals surface area contributed by atoms with E-state index in [2.05, 4.69) is 26.0 Å². The average molecular weight is 455 g/mol. The molecule has 0 saturated carbocycles. The monoisotopic (exact) mass is 454 g/mol. The van der Waals surface area contributed by atoms with E-state index in [1.54, 1.807) is 24.3 Å². The van der Waals surface area contributed by atoms with Gasteiger partial charge in [0.25, 0.3) is 0 Å². The van der Waals surface area contributed by atoms with Gasteiger partial charge in [0, 0.05) is 38.6 Å². The van der Waals surface area contributed by atoms with Crippen LogP contribution in [0.25, 0.3) is 6.08 Å². The molecule has 1 amide bonds. The quantitative estimate of drug-likeness (QED) is 0.642. The fourth-order valence-corrected chi connectivity index (χ4v) is 5.86.